The van der Waals surface area contributed by atoms with E-state index in [-0.39, 0.29) is 0 Å². The Morgan fingerprint density at radius 1 is 1.29 bits per heavy atom. The Labute approximate surface area is 110 Å². The molecular weight excluding hydrogens is 278 g/mol. The second-order valence-corrected chi connectivity index (χ2v) is 5.11. The van der Waals surface area contributed by atoms with Crippen LogP contribution < -0.4 is 0 Å². The summed E-state index contributed by atoms with van der Waals surface area (Å²) in [5.41, 5.74) is 2.52. The first-order valence-electron chi connectivity index (χ1n) is 5.54. The molecule has 0 unspecified atom stereocenters. The van der Waals surface area contributed by atoms with Crippen LogP contribution in [-0.4, -0.2) is 21.5 Å². The smallest absolute Gasteiger partial charge is 0.0945 e. The van der Waals surface area contributed by atoms with Crippen LogP contribution in [0.2, 0.25) is 0 Å². The van der Waals surface area contributed by atoms with E-state index in [4.69, 9.17) is 0 Å². The van der Waals surface area contributed by atoms with E-state index in [0.717, 1.165) is 17.6 Å². The van der Waals surface area contributed by atoms with Gasteiger partial charge >= 0.3 is 0 Å². The highest BCUT2D eigenvalue weighted by Crippen LogP contribution is 2.17. The van der Waals surface area contributed by atoms with Crippen molar-refractivity contribution in [2.75, 3.05) is 7.05 Å². The van der Waals surface area contributed by atoms with Gasteiger partial charge in [0, 0.05) is 30.8 Å². The van der Waals surface area contributed by atoms with Crippen molar-refractivity contribution in [3.05, 3.63) is 52.5 Å². The van der Waals surface area contributed by atoms with E-state index in [9.17, 15) is 0 Å². The van der Waals surface area contributed by atoms with Crippen LogP contribution in [0.5, 0.6) is 0 Å². The molecule has 1 heterocycles. The molecule has 0 bridgehead atoms. The van der Waals surface area contributed by atoms with E-state index in [1.165, 1.54) is 11.3 Å². The van der Waals surface area contributed by atoms with Gasteiger partial charge in [-0.1, -0.05) is 34.1 Å². The SMILES string of the molecule is CN(Cc1ccccc1Br)Cc1cncn1C. The number of imidazole rings is 1. The van der Waals surface area contributed by atoms with Gasteiger partial charge < -0.3 is 4.57 Å². The average molecular weight is 294 g/mol. The highest BCUT2D eigenvalue weighted by Gasteiger charge is 2.06. The fourth-order valence-electron chi connectivity index (χ4n) is 1.79. The van der Waals surface area contributed by atoms with Gasteiger partial charge in [-0.05, 0) is 18.7 Å². The molecule has 90 valence electrons. The zero-order valence-electron chi connectivity index (χ0n) is 10.1. The van der Waals surface area contributed by atoms with Crippen molar-refractivity contribution in [2.45, 2.75) is 13.1 Å². The Kier molecular flexibility index (Phi) is 3.97. The molecule has 0 aliphatic carbocycles. The number of rotatable bonds is 4. The van der Waals surface area contributed by atoms with Gasteiger partial charge in [0.05, 0.1) is 12.0 Å². The molecule has 4 heteroatoms. The topological polar surface area (TPSA) is 21.1 Å². The first-order chi connectivity index (χ1) is 8.16. The molecule has 1 aromatic heterocycles. The van der Waals surface area contributed by atoms with Crippen molar-refractivity contribution >= 4 is 15.9 Å². The Bertz CT molecular complexity index is 493. The molecule has 0 fully saturated rings. The Morgan fingerprint density at radius 3 is 2.71 bits per heavy atom. The van der Waals surface area contributed by atoms with Crippen LogP contribution in [0.1, 0.15) is 11.3 Å². The third-order valence-corrected chi connectivity index (χ3v) is 3.52. The number of aryl methyl sites for hydroxylation is 1. The molecule has 1 aromatic carbocycles. The van der Waals surface area contributed by atoms with Crippen molar-refractivity contribution in [3.8, 4) is 0 Å². The van der Waals surface area contributed by atoms with Gasteiger partial charge in [0.1, 0.15) is 0 Å². The fraction of sp³-hybridized carbons (Fsp3) is 0.308. The van der Waals surface area contributed by atoms with Gasteiger partial charge in [0.25, 0.3) is 0 Å². The molecule has 0 atom stereocenters. The van der Waals surface area contributed by atoms with Gasteiger partial charge in [-0.25, -0.2) is 4.98 Å². The summed E-state index contributed by atoms with van der Waals surface area (Å²) in [5, 5.41) is 0. The number of benzene rings is 1. The molecule has 0 aliphatic rings. The van der Waals surface area contributed by atoms with Crippen LogP contribution >= 0.6 is 15.9 Å². The number of nitrogens with zero attached hydrogens (tertiary/aromatic N) is 3. The summed E-state index contributed by atoms with van der Waals surface area (Å²) in [7, 11) is 4.14. The molecule has 0 spiro atoms. The molecule has 0 amide bonds. The lowest BCUT2D eigenvalue weighted by atomic mass is 10.2. The van der Waals surface area contributed by atoms with Crippen LogP contribution in [0.3, 0.4) is 0 Å². The molecule has 2 aromatic rings. The van der Waals surface area contributed by atoms with Crippen molar-refractivity contribution in [3.63, 3.8) is 0 Å². The van der Waals surface area contributed by atoms with Gasteiger partial charge in [0.15, 0.2) is 0 Å². The van der Waals surface area contributed by atoms with Gasteiger partial charge in [-0.15, -0.1) is 0 Å². The number of hydrogen-bond donors (Lipinski definition) is 0. The maximum Gasteiger partial charge on any atom is 0.0945 e. The zero-order valence-corrected chi connectivity index (χ0v) is 11.7. The molecule has 0 aliphatic heterocycles. The van der Waals surface area contributed by atoms with Crippen LogP contribution in [-0.2, 0) is 20.1 Å². The van der Waals surface area contributed by atoms with Crippen molar-refractivity contribution in [2.24, 2.45) is 7.05 Å². The Hall–Kier alpha value is -1.13. The van der Waals surface area contributed by atoms with E-state index in [0.29, 0.717) is 0 Å². The predicted molar refractivity (Wildman–Crippen MR) is 72.5 cm³/mol. The highest BCUT2D eigenvalue weighted by molar-refractivity contribution is 9.10. The van der Waals surface area contributed by atoms with E-state index in [2.05, 4.69) is 55.6 Å². The third-order valence-electron chi connectivity index (χ3n) is 2.75. The molecule has 0 saturated carbocycles. The largest absolute Gasteiger partial charge is 0.337 e. The van der Waals surface area contributed by atoms with Crippen LogP contribution in [0.15, 0.2) is 41.3 Å². The van der Waals surface area contributed by atoms with E-state index >= 15 is 0 Å². The molecule has 17 heavy (non-hydrogen) atoms. The first kappa shape index (κ1) is 12.3. The third kappa shape index (κ3) is 3.17. The van der Waals surface area contributed by atoms with Crippen LogP contribution in [0.4, 0.5) is 0 Å². The minimum atomic E-state index is 0.901. The second-order valence-electron chi connectivity index (χ2n) is 4.26. The summed E-state index contributed by atoms with van der Waals surface area (Å²) in [4.78, 5) is 6.40. The maximum atomic E-state index is 4.13. The first-order valence-corrected chi connectivity index (χ1v) is 6.33. The van der Waals surface area contributed by atoms with Crippen molar-refractivity contribution < 1.29 is 0 Å². The number of hydrogen-bond acceptors (Lipinski definition) is 2. The Balaban J connectivity index is 2.01. The summed E-state index contributed by atoms with van der Waals surface area (Å²) >= 11 is 3.57. The summed E-state index contributed by atoms with van der Waals surface area (Å²) < 4.78 is 3.22. The molecule has 0 radical (unpaired) electrons. The fourth-order valence-corrected chi connectivity index (χ4v) is 2.20. The lowest BCUT2D eigenvalue weighted by Gasteiger charge is -2.17. The minimum Gasteiger partial charge on any atom is -0.337 e. The van der Waals surface area contributed by atoms with Crippen molar-refractivity contribution in [1.29, 1.82) is 0 Å². The summed E-state index contributed by atoms with van der Waals surface area (Å²) in [6, 6.07) is 8.32. The summed E-state index contributed by atoms with van der Waals surface area (Å²) in [6.07, 6.45) is 3.75. The normalized spacial score (nSPS) is 11.1. The summed E-state index contributed by atoms with van der Waals surface area (Å²) in [6.45, 7) is 1.82. The number of aromatic nitrogens is 2. The Morgan fingerprint density at radius 2 is 2.06 bits per heavy atom. The second kappa shape index (κ2) is 5.47. The maximum absolute atomic E-state index is 4.13. The quantitative estimate of drug-likeness (QED) is 0.864. The van der Waals surface area contributed by atoms with Gasteiger partial charge in [-0.3, -0.25) is 4.90 Å². The van der Waals surface area contributed by atoms with Crippen molar-refractivity contribution in [1.82, 2.24) is 14.5 Å². The molecule has 2 rings (SSSR count). The predicted octanol–water partition coefficient (Wildman–Crippen LogP) is 2.81. The monoisotopic (exact) mass is 293 g/mol. The lowest BCUT2D eigenvalue weighted by molar-refractivity contribution is 0.311. The zero-order chi connectivity index (χ0) is 12.3. The molecule has 3 nitrogen and oxygen atoms in total. The molecule has 0 N–H and O–H groups in total. The lowest BCUT2D eigenvalue weighted by Crippen LogP contribution is -2.19. The molecular formula is C13H16BrN3. The van der Waals surface area contributed by atoms with Crippen LogP contribution in [0.25, 0.3) is 0 Å². The van der Waals surface area contributed by atoms with E-state index < -0.39 is 0 Å². The minimum absolute atomic E-state index is 0.901. The highest BCUT2D eigenvalue weighted by atomic mass is 79.9. The summed E-state index contributed by atoms with van der Waals surface area (Å²) in [5.74, 6) is 0. The molecule has 0 saturated heterocycles. The van der Waals surface area contributed by atoms with E-state index in [1.807, 2.05) is 25.6 Å². The van der Waals surface area contributed by atoms with E-state index in [1.54, 1.807) is 0 Å². The van der Waals surface area contributed by atoms with Crippen LogP contribution in [0, 0.1) is 0 Å². The average Bonchev–Trinajstić information content (AvgIpc) is 2.68. The standard InChI is InChI=1S/C13H16BrN3/c1-16(9-12-7-15-10-17(12)2)8-11-5-3-4-6-13(11)14/h3-7,10H,8-9H2,1-2H3. The van der Waals surface area contributed by atoms with Gasteiger partial charge in [-0.2, -0.15) is 0 Å². The number of halogens is 1. The van der Waals surface area contributed by atoms with Gasteiger partial charge in [0.2, 0.25) is 0 Å².